The zero-order valence-electron chi connectivity index (χ0n) is 36.3. The predicted octanol–water partition coefficient (Wildman–Crippen LogP) is 15.9. The monoisotopic (exact) mass is 844 g/mol. The Morgan fingerprint density at radius 1 is 0.364 bits per heavy atom. The minimum Gasteiger partial charge on any atom is -0.456 e. The fraction of sp³-hybridized carbons (Fsp3) is 0.0492. The van der Waals surface area contributed by atoms with E-state index in [0.29, 0.717) is 5.95 Å². The number of hydrogen-bond acceptors (Lipinski definition) is 3. The van der Waals surface area contributed by atoms with Crippen LogP contribution in [0.25, 0.3) is 122 Å². The molecule has 0 unspecified atom stereocenters. The first-order chi connectivity index (χ1) is 32.5. The highest BCUT2D eigenvalue weighted by atomic mass is 16.3. The second kappa shape index (κ2) is 13.7. The third-order valence-corrected chi connectivity index (χ3v) is 14.1. The number of fused-ring (bicyclic) bond motifs is 12. The van der Waals surface area contributed by atoms with E-state index in [0.717, 1.165) is 83.2 Å². The Bertz CT molecular complexity index is 4060. The fourth-order valence-corrected chi connectivity index (χ4v) is 10.9. The van der Waals surface area contributed by atoms with Gasteiger partial charge in [0.05, 0.1) is 33.5 Å². The molecule has 1 aliphatic rings. The van der Waals surface area contributed by atoms with Crippen molar-refractivity contribution in [2.24, 2.45) is 0 Å². The Morgan fingerprint density at radius 3 is 1.73 bits per heavy atom. The van der Waals surface area contributed by atoms with Crippen LogP contribution < -0.4 is 0 Å². The molecule has 9 aromatic carbocycles. The first-order valence-corrected chi connectivity index (χ1v) is 22.6. The molecule has 1 aliphatic carbocycles. The Morgan fingerprint density at radius 2 is 0.955 bits per heavy atom. The summed E-state index contributed by atoms with van der Waals surface area (Å²) in [6, 6.07) is 74.0. The zero-order chi connectivity index (χ0) is 43.7. The Kier molecular flexibility index (Phi) is 7.68. The highest BCUT2D eigenvalue weighted by molar-refractivity contribution is 6.18. The van der Waals surface area contributed by atoms with Gasteiger partial charge in [0, 0.05) is 60.6 Å². The number of nitrogens with zero attached hydrogens (tertiary/aromatic N) is 4. The van der Waals surface area contributed by atoms with Gasteiger partial charge in [0.1, 0.15) is 11.2 Å². The summed E-state index contributed by atoms with van der Waals surface area (Å²) in [5, 5.41) is 6.93. The van der Waals surface area contributed by atoms with E-state index in [1.807, 2.05) is 12.1 Å². The summed E-state index contributed by atoms with van der Waals surface area (Å²) >= 11 is 0. The van der Waals surface area contributed by atoms with Gasteiger partial charge in [0.2, 0.25) is 5.95 Å². The van der Waals surface area contributed by atoms with Gasteiger partial charge < -0.3 is 8.98 Å². The van der Waals surface area contributed by atoms with Gasteiger partial charge in [-0.05, 0) is 94.0 Å². The number of furan rings is 1. The van der Waals surface area contributed by atoms with Gasteiger partial charge in [0.15, 0.2) is 0 Å². The molecule has 4 aromatic heterocycles. The molecular formula is C61H40N4O. The van der Waals surface area contributed by atoms with Crippen LogP contribution in [0.4, 0.5) is 0 Å². The van der Waals surface area contributed by atoms with Crippen molar-refractivity contribution in [2.75, 3.05) is 0 Å². The molecule has 0 N–H and O–H groups in total. The fourth-order valence-electron chi connectivity index (χ4n) is 10.9. The normalized spacial score (nSPS) is 13.1. The molecule has 0 saturated carbocycles. The van der Waals surface area contributed by atoms with Crippen LogP contribution in [0, 0.1) is 0 Å². The molecule has 0 atom stereocenters. The molecule has 0 bridgehead atoms. The number of benzene rings is 9. The SMILES string of the molecule is CC1(C)c2ccccc2-c2cc3c4ccc(-c5ccc6oc7cc8c(cc7c6c5)c5ccccc5n8-c5ccccc5)cc4n(-c4nc(-c5ccccc5)cc(-c5ccccc5)n4)c3cc21. The molecule has 0 aliphatic heterocycles. The van der Waals surface area contributed by atoms with Crippen molar-refractivity contribution in [1.29, 1.82) is 0 Å². The third-order valence-electron chi connectivity index (χ3n) is 14.1. The lowest BCUT2D eigenvalue weighted by atomic mass is 9.82. The van der Waals surface area contributed by atoms with Crippen LogP contribution in [0.3, 0.4) is 0 Å². The summed E-state index contributed by atoms with van der Waals surface area (Å²) in [7, 11) is 0. The van der Waals surface area contributed by atoms with Crippen molar-refractivity contribution >= 4 is 65.6 Å². The van der Waals surface area contributed by atoms with Crippen LogP contribution in [0.5, 0.6) is 0 Å². The van der Waals surface area contributed by atoms with Crippen molar-refractivity contribution in [3.63, 3.8) is 0 Å². The highest BCUT2D eigenvalue weighted by Gasteiger charge is 2.36. The lowest BCUT2D eigenvalue weighted by Gasteiger charge is -2.21. The lowest BCUT2D eigenvalue weighted by Crippen LogP contribution is -2.15. The standard InChI is InChI=1S/C61H40N4O/c1-61(2)50-24-14-12-22-42(50)45-32-46-44-28-26-40(31-55(44)65(56(46)34-51(45)61)60-62-52(37-16-6-3-7-17-37)35-53(63-60)38-18-8-4-9-19-38)39-27-29-58-48(30-39)49-33-47-43-23-13-15-25-54(43)64(41-20-10-5-11-21-41)57(47)36-59(49)66-58/h3-36H,1-2H3. The summed E-state index contributed by atoms with van der Waals surface area (Å²) in [6.07, 6.45) is 0. The summed E-state index contributed by atoms with van der Waals surface area (Å²) in [5.41, 5.74) is 18.4. The summed E-state index contributed by atoms with van der Waals surface area (Å²) in [5.74, 6) is 0.635. The van der Waals surface area contributed by atoms with Crippen LogP contribution in [0.15, 0.2) is 211 Å². The van der Waals surface area contributed by atoms with Crippen molar-refractivity contribution in [3.05, 3.63) is 217 Å². The molecule has 66 heavy (non-hydrogen) atoms. The maximum atomic E-state index is 6.67. The van der Waals surface area contributed by atoms with Crippen LogP contribution >= 0.6 is 0 Å². The minimum atomic E-state index is -0.181. The third kappa shape index (κ3) is 5.34. The molecular weight excluding hydrogens is 805 g/mol. The largest absolute Gasteiger partial charge is 0.456 e. The van der Waals surface area contributed by atoms with Gasteiger partial charge in [0.25, 0.3) is 0 Å². The molecule has 5 heteroatoms. The predicted molar refractivity (Wildman–Crippen MR) is 272 cm³/mol. The van der Waals surface area contributed by atoms with Crippen molar-refractivity contribution in [3.8, 4) is 56.4 Å². The number of hydrogen-bond donors (Lipinski definition) is 0. The van der Waals surface area contributed by atoms with E-state index in [4.69, 9.17) is 14.4 Å². The average Bonchev–Trinajstić information content (AvgIpc) is 4.07. The average molecular weight is 845 g/mol. The molecule has 0 amide bonds. The molecule has 0 radical (unpaired) electrons. The van der Waals surface area contributed by atoms with Crippen LogP contribution in [-0.2, 0) is 5.41 Å². The minimum absolute atomic E-state index is 0.181. The highest BCUT2D eigenvalue weighted by Crippen LogP contribution is 2.51. The van der Waals surface area contributed by atoms with Crippen molar-refractivity contribution in [2.45, 2.75) is 19.3 Å². The van der Waals surface area contributed by atoms with Gasteiger partial charge >= 0.3 is 0 Å². The Hall–Kier alpha value is -8.54. The summed E-state index contributed by atoms with van der Waals surface area (Å²) in [6.45, 7) is 4.69. The first kappa shape index (κ1) is 36.9. The van der Waals surface area contributed by atoms with Gasteiger partial charge in [-0.2, -0.15) is 0 Å². The van der Waals surface area contributed by atoms with Gasteiger partial charge in [-0.1, -0.05) is 153 Å². The zero-order valence-corrected chi connectivity index (χ0v) is 36.3. The van der Waals surface area contributed by atoms with E-state index in [9.17, 15) is 0 Å². The van der Waals surface area contributed by atoms with Gasteiger partial charge in [-0.25, -0.2) is 9.97 Å². The van der Waals surface area contributed by atoms with E-state index in [1.54, 1.807) is 0 Å². The summed E-state index contributed by atoms with van der Waals surface area (Å²) < 4.78 is 11.3. The van der Waals surface area contributed by atoms with Crippen LogP contribution in [0.1, 0.15) is 25.0 Å². The molecule has 0 fully saturated rings. The lowest BCUT2D eigenvalue weighted by molar-refractivity contribution is 0.661. The first-order valence-electron chi connectivity index (χ1n) is 22.6. The second-order valence-corrected chi connectivity index (χ2v) is 18.2. The summed E-state index contributed by atoms with van der Waals surface area (Å²) in [4.78, 5) is 10.8. The van der Waals surface area contributed by atoms with Crippen molar-refractivity contribution in [1.82, 2.24) is 19.1 Å². The van der Waals surface area contributed by atoms with E-state index >= 15 is 0 Å². The molecule has 5 nitrogen and oxygen atoms in total. The molecule has 0 spiro atoms. The van der Waals surface area contributed by atoms with Crippen molar-refractivity contribution < 1.29 is 4.42 Å². The smallest absolute Gasteiger partial charge is 0.235 e. The van der Waals surface area contributed by atoms with E-state index < -0.39 is 0 Å². The van der Waals surface area contributed by atoms with Gasteiger partial charge in [-0.15, -0.1) is 0 Å². The van der Waals surface area contributed by atoms with E-state index in [2.05, 4.69) is 217 Å². The topological polar surface area (TPSA) is 48.8 Å². The van der Waals surface area contributed by atoms with E-state index in [1.165, 1.54) is 43.9 Å². The quantitative estimate of drug-likeness (QED) is 0.173. The molecule has 0 saturated heterocycles. The van der Waals surface area contributed by atoms with Crippen LogP contribution in [-0.4, -0.2) is 19.1 Å². The van der Waals surface area contributed by atoms with Gasteiger partial charge in [-0.3, -0.25) is 4.57 Å². The van der Waals surface area contributed by atoms with Crippen LogP contribution in [0.2, 0.25) is 0 Å². The number of aromatic nitrogens is 4. The number of rotatable bonds is 5. The Labute approximate surface area is 380 Å². The molecule has 13 aromatic rings. The maximum absolute atomic E-state index is 6.67. The van der Waals surface area contributed by atoms with E-state index in [-0.39, 0.29) is 5.41 Å². The molecule has 310 valence electrons. The second-order valence-electron chi connectivity index (χ2n) is 18.2. The molecule has 14 rings (SSSR count). The maximum Gasteiger partial charge on any atom is 0.235 e. The molecule has 4 heterocycles. The Balaban J connectivity index is 1.01. The number of para-hydroxylation sites is 2.